The van der Waals surface area contributed by atoms with Crippen molar-refractivity contribution in [1.29, 1.82) is 0 Å². The summed E-state index contributed by atoms with van der Waals surface area (Å²) in [7, 11) is 0. The van der Waals surface area contributed by atoms with Crippen LogP contribution in [0.3, 0.4) is 0 Å². The average Bonchev–Trinajstić information content (AvgIpc) is 2.83. The fourth-order valence-corrected chi connectivity index (χ4v) is 3.72. The van der Waals surface area contributed by atoms with Gasteiger partial charge in [0.15, 0.2) is 29.1 Å². The van der Waals surface area contributed by atoms with Gasteiger partial charge in [0.05, 0.1) is 12.2 Å². The summed E-state index contributed by atoms with van der Waals surface area (Å²) in [6, 6.07) is 7.48. The molecule has 2 aromatic carbocycles. The topological polar surface area (TPSA) is 211 Å². The van der Waals surface area contributed by atoms with Crippen LogP contribution in [-0.4, -0.2) is 77.6 Å². The molecular weight excluding hydrogens is 492 g/mol. The van der Waals surface area contributed by atoms with Gasteiger partial charge in [-0.3, -0.25) is 0 Å². The van der Waals surface area contributed by atoms with E-state index < -0.39 is 66.2 Å². The molecule has 0 heterocycles. The highest BCUT2D eigenvalue weighted by Gasteiger charge is 2.54. The maximum absolute atomic E-state index is 12.3. The van der Waals surface area contributed by atoms with Crippen LogP contribution in [0, 0.1) is 0 Å². The normalized spacial score (nSPS) is 23.7. The van der Waals surface area contributed by atoms with Crippen molar-refractivity contribution in [1.82, 2.24) is 0 Å². The van der Waals surface area contributed by atoms with Crippen molar-refractivity contribution in [3.05, 3.63) is 59.7 Å². The molecule has 0 saturated heterocycles. The van der Waals surface area contributed by atoms with E-state index in [9.17, 15) is 50.1 Å². The highest BCUT2D eigenvalue weighted by molar-refractivity contribution is 5.91. The number of rotatable bonds is 7. The molecule has 37 heavy (non-hydrogen) atoms. The summed E-state index contributed by atoms with van der Waals surface area (Å²) in [5.41, 5.74) is -1.69. The lowest BCUT2D eigenvalue weighted by atomic mass is 9.79. The zero-order valence-electron chi connectivity index (χ0n) is 19.1. The molecule has 3 rings (SSSR count). The van der Waals surface area contributed by atoms with Crippen molar-refractivity contribution in [2.45, 2.75) is 36.8 Å². The molecule has 12 nitrogen and oxygen atoms in total. The molecule has 0 radical (unpaired) electrons. The van der Waals surface area contributed by atoms with Crippen molar-refractivity contribution in [2.75, 3.05) is 0 Å². The molecule has 1 fully saturated rings. The summed E-state index contributed by atoms with van der Waals surface area (Å²) in [6.07, 6.45) is -2.07. The van der Waals surface area contributed by atoms with E-state index in [4.69, 9.17) is 9.47 Å². The van der Waals surface area contributed by atoms with Gasteiger partial charge in [0, 0.05) is 25.0 Å². The van der Waals surface area contributed by atoms with E-state index in [1.165, 1.54) is 42.5 Å². The van der Waals surface area contributed by atoms with E-state index in [1.807, 2.05) is 0 Å². The first-order valence-electron chi connectivity index (χ1n) is 10.8. The van der Waals surface area contributed by atoms with E-state index in [2.05, 4.69) is 0 Å². The zero-order valence-corrected chi connectivity index (χ0v) is 19.1. The van der Waals surface area contributed by atoms with Crippen LogP contribution in [0.25, 0.3) is 12.2 Å². The summed E-state index contributed by atoms with van der Waals surface area (Å²) in [5, 5.41) is 68.3. The molecule has 196 valence electrons. The number of aliphatic carboxylic acids is 1. The van der Waals surface area contributed by atoms with Crippen LogP contribution in [0.5, 0.6) is 23.0 Å². The first kappa shape index (κ1) is 27.0. The van der Waals surface area contributed by atoms with Crippen LogP contribution in [0.1, 0.15) is 24.0 Å². The molecule has 1 saturated carbocycles. The van der Waals surface area contributed by atoms with E-state index in [0.717, 1.165) is 18.2 Å². The number of aliphatic hydroxyl groups excluding tert-OH is 2. The van der Waals surface area contributed by atoms with E-state index in [-0.39, 0.29) is 11.5 Å². The minimum Gasteiger partial charge on any atom is -0.504 e. The van der Waals surface area contributed by atoms with Gasteiger partial charge in [0.1, 0.15) is 0 Å². The molecule has 4 atom stereocenters. The Labute approximate surface area is 209 Å². The van der Waals surface area contributed by atoms with Crippen molar-refractivity contribution in [3.63, 3.8) is 0 Å². The van der Waals surface area contributed by atoms with Gasteiger partial charge in [-0.1, -0.05) is 12.1 Å². The second-order valence-corrected chi connectivity index (χ2v) is 8.33. The first-order chi connectivity index (χ1) is 17.4. The minimum absolute atomic E-state index is 0.294. The number of hydrogen-bond acceptors (Lipinski definition) is 11. The highest BCUT2D eigenvalue weighted by Crippen LogP contribution is 2.35. The molecule has 1 aliphatic rings. The summed E-state index contributed by atoms with van der Waals surface area (Å²) >= 11 is 0. The molecule has 0 aromatic heterocycles. The standard InChI is InChI=1S/C25H24O12/c26-15-5-1-13(9-17(15)28)3-7-21(32)36-23-19(30)11-25(24(34)35,12-20(23)31)37-22(33)8-4-14-2-6-16(27)18(29)10-14/h1-10,19-20,23,26-31H,11-12H2,(H,34,35)/t19-,20+,23?,25?. The van der Waals surface area contributed by atoms with Crippen molar-refractivity contribution in [3.8, 4) is 23.0 Å². The van der Waals surface area contributed by atoms with Gasteiger partial charge in [-0.05, 0) is 47.5 Å². The number of carboxylic acid groups (broad SMARTS) is 1. The Bertz CT molecular complexity index is 1240. The Morgan fingerprint density at radius 1 is 0.757 bits per heavy atom. The number of phenols is 4. The second kappa shape index (κ2) is 11.0. The minimum atomic E-state index is -2.32. The maximum atomic E-state index is 12.3. The predicted octanol–water partition coefficient (Wildman–Crippen LogP) is 1.03. The van der Waals surface area contributed by atoms with Gasteiger partial charge in [0.2, 0.25) is 5.60 Å². The third kappa shape index (κ3) is 6.57. The lowest BCUT2D eigenvalue weighted by Crippen LogP contribution is -2.58. The highest BCUT2D eigenvalue weighted by atomic mass is 16.6. The van der Waals surface area contributed by atoms with E-state index in [1.54, 1.807) is 0 Å². The monoisotopic (exact) mass is 516 g/mol. The Kier molecular flexibility index (Phi) is 8.05. The predicted molar refractivity (Wildman–Crippen MR) is 125 cm³/mol. The molecule has 0 aliphatic heterocycles. The largest absolute Gasteiger partial charge is 0.504 e. The van der Waals surface area contributed by atoms with Crippen LogP contribution in [0.2, 0.25) is 0 Å². The molecule has 2 unspecified atom stereocenters. The molecular formula is C25H24O12. The van der Waals surface area contributed by atoms with Crippen molar-refractivity contribution in [2.24, 2.45) is 0 Å². The van der Waals surface area contributed by atoms with Gasteiger partial charge in [-0.25, -0.2) is 14.4 Å². The van der Waals surface area contributed by atoms with Gasteiger partial charge < -0.3 is 45.2 Å². The summed E-state index contributed by atoms with van der Waals surface area (Å²) in [6.45, 7) is 0. The Hall–Kier alpha value is -4.55. The van der Waals surface area contributed by atoms with Crippen molar-refractivity contribution >= 4 is 30.1 Å². The van der Waals surface area contributed by atoms with Crippen LogP contribution < -0.4 is 0 Å². The lowest BCUT2D eigenvalue weighted by molar-refractivity contribution is -0.207. The summed E-state index contributed by atoms with van der Waals surface area (Å²) in [5.74, 6) is -5.32. The summed E-state index contributed by atoms with van der Waals surface area (Å²) < 4.78 is 10.1. The average molecular weight is 516 g/mol. The Morgan fingerprint density at radius 3 is 1.65 bits per heavy atom. The summed E-state index contributed by atoms with van der Waals surface area (Å²) in [4.78, 5) is 36.4. The number of esters is 2. The SMILES string of the molecule is O=C(C=Cc1ccc(O)c(O)c1)OC1[C@H](O)CC(OC(=O)C=Cc2ccc(O)c(O)c2)(C(=O)O)C[C@@H]1O. The van der Waals surface area contributed by atoms with Gasteiger partial charge >= 0.3 is 17.9 Å². The number of aromatic hydroxyl groups is 4. The fraction of sp³-hybridized carbons (Fsp3) is 0.240. The maximum Gasteiger partial charge on any atom is 0.348 e. The number of aliphatic hydroxyl groups is 2. The smallest absolute Gasteiger partial charge is 0.348 e. The number of ether oxygens (including phenoxy) is 2. The quantitative estimate of drug-likeness (QED) is 0.156. The molecule has 7 N–H and O–H groups in total. The number of carboxylic acids is 1. The number of phenolic OH excluding ortho intramolecular Hbond substituents is 4. The first-order valence-corrected chi connectivity index (χ1v) is 10.8. The van der Waals surface area contributed by atoms with Crippen LogP contribution >= 0.6 is 0 Å². The van der Waals surface area contributed by atoms with E-state index in [0.29, 0.717) is 11.1 Å². The van der Waals surface area contributed by atoms with Gasteiger partial charge in [0.25, 0.3) is 0 Å². The number of carbonyl (C=O) groups is 3. The molecule has 2 aromatic rings. The van der Waals surface area contributed by atoms with Crippen LogP contribution in [0.4, 0.5) is 0 Å². The van der Waals surface area contributed by atoms with Crippen LogP contribution in [-0.2, 0) is 23.9 Å². The lowest BCUT2D eigenvalue weighted by Gasteiger charge is -2.41. The molecule has 12 heteroatoms. The molecule has 1 aliphatic carbocycles. The third-order valence-corrected chi connectivity index (χ3v) is 5.60. The van der Waals surface area contributed by atoms with Gasteiger partial charge in [-0.15, -0.1) is 0 Å². The second-order valence-electron chi connectivity index (χ2n) is 8.33. The molecule has 0 spiro atoms. The van der Waals surface area contributed by atoms with Crippen molar-refractivity contribution < 1.29 is 59.6 Å². The molecule has 0 bridgehead atoms. The fourth-order valence-electron chi connectivity index (χ4n) is 3.72. The number of hydrogen-bond donors (Lipinski definition) is 7. The van der Waals surface area contributed by atoms with Crippen LogP contribution in [0.15, 0.2) is 48.6 Å². The Morgan fingerprint density at radius 2 is 1.22 bits per heavy atom. The Balaban J connectivity index is 1.66. The zero-order chi connectivity index (χ0) is 27.3. The molecule has 0 amide bonds. The number of carbonyl (C=O) groups excluding carboxylic acids is 2. The van der Waals surface area contributed by atoms with E-state index >= 15 is 0 Å². The third-order valence-electron chi connectivity index (χ3n) is 5.60. The number of benzene rings is 2. The van der Waals surface area contributed by atoms with Gasteiger partial charge in [-0.2, -0.15) is 0 Å².